The van der Waals surface area contributed by atoms with Gasteiger partial charge in [-0.2, -0.15) is 0 Å². The lowest BCUT2D eigenvalue weighted by Crippen LogP contribution is -2.39. The minimum Gasteiger partial charge on any atom is -0.320 e. The Bertz CT molecular complexity index is 269. The summed E-state index contributed by atoms with van der Waals surface area (Å²) in [6, 6.07) is 0. The van der Waals surface area contributed by atoms with Crippen molar-refractivity contribution in [1.82, 2.24) is 9.62 Å². The summed E-state index contributed by atoms with van der Waals surface area (Å²) in [6.07, 6.45) is 3.19. The molecular formula is C10H22N2O2S. The monoisotopic (exact) mass is 234 g/mol. The van der Waals surface area contributed by atoms with E-state index in [1.165, 1.54) is 0 Å². The van der Waals surface area contributed by atoms with Crippen molar-refractivity contribution in [2.45, 2.75) is 26.2 Å². The fourth-order valence-corrected chi connectivity index (χ4v) is 3.14. The van der Waals surface area contributed by atoms with Crippen molar-refractivity contribution in [2.24, 2.45) is 5.92 Å². The van der Waals surface area contributed by atoms with Crippen LogP contribution >= 0.6 is 0 Å². The van der Waals surface area contributed by atoms with Gasteiger partial charge < -0.3 is 5.32 Å². The molecule has 1 saturated heterocycles. The molecule has 0 aromatic carbocycles. The summed E-state index contributed by atoms with van der Waals surface area (Å²) in [5.41, 5.74) is 0. The van der Waals surface area contributed by atoms with E-state index in [2.05, 4.69) is 5.32 Å². The second-order valence-electron chi connectivity index (χ2n) is 4.14. The van der Waals surface area contributed by atoms with E-state index in [-0.39, 0.29) is 5.75 Å². The molecule has 90 valence electrons. The van der Waals surface area contributed by atoms with Crippen LogP contribution < -0.4 is 5.32 Å². The summed E-state index contributed by atoms with van der Waals surface area (Å²) in [4.78, 5) is 0. The molecule has 1 rings (SSSR count). The Morgan fingerprint density at radius 1 is 1.33 bits per heavy atom. The smallest absolute Gasteiger partial charge is 0.213 e. The number of sulfonamides is 1. The Hall–Kier alpha value is -0.130. The van der Waals surface area contributed by atoms with Crippen molar-refractivity contribution in [2.75, 3.05) is 32.4 Å². The van der Waals surface area contributed by atoms with Gasteiger partial charge in [-0.25, -0.2) is 12.7 Å². The molecule has 0 aromatic rings. The molecule has 0 aliphatic carbocycles. The van der Waals surface area contributed by atoms with E-state index in [0.717, 1.165) is 25.8 Å². The van der Waals surface area contributed by atoms with Crippen LogP contribution in [0.4, 0.5) is 0 Å². The molecule has 0 bridgehead atoms. The maximum atomic E-state index is 11.6. The molecule has 5 heteroatoms. The zero-order valence-corrected chi connectivity index (χ0v) is 10.5. The van der Waals surface area contributed by atoms with Gasteiger partial charge in [0.15, 0.2) is 0 Å². The second kappa shape index (κ2) is 5.82. The van der Waals surface area contributed by atoms with Crippen molar-refractivity contribution in [3.63, 3.8) is 0 Å². The van der Waals surface area contributed by atoms with Crippen LogP contribution in [0, 0.1) is 5.92 Å². The molecule has 1 N–H and O–H groups in total. The first kappa shape index (κ1) is 12.9. The number of nitrogens with one attached hydrogen (secondary N) is 1. The van der Waals surface area contributed by atoms with E-state index in [4.69, 9.17) is 0 Å². The zero-order chi connectivity index (χ0) is 11.3. The highest BCUT2D eigenvalue weighted by Gasteiger charge is 2.26. The third-order valence-electron chi connectivity index (χ3n) is 3.13. The third-order valence-corrected chi connectivity index (χ3v) is 5.02. The summed E-state index contributed by atoms with van der Waals surface area (Å²) >= 11 is 0. The van der Waals surface area contributed by atoms with Gasteiger partial charge in [0.25, 0.3) is 0 Å². The first-order chi connectivity index (χ1) is 7.10. The van der Waals surface area contributed by atoms with Gasteiger partial charge in [0.1, 0.15) is 0 Å². The van der Waals surface area contributed by atoms with Gasteiger partial charge >= 0.3 is 0 Å². The van der Waals surface area contributed by atoms with Gasteiger partial charge in [-0.3, -0.25) is 0 Å². The molecule has 0 atom stereocenters. The summed E-state index contributed by atoms with van der Waals surface area (Å²) in [5.74, 6) is 0.925. The van der Waals surface area contributed by atoms with E-state index in [9.17, 15) is 8.42 Å². The van der Waals surface area contributed by atoms with Crippen LogP contribution in [0.25, 0.3) is 0 Å². The van der Waals surface area contributed by atoms with E-state index < -0.39 is 10.0 Å². The van der Waals surface area contributed by atoms with Crippen LogP contribution in [0.1, 0.15) is 26.2 Å². The van der Waals surface area contributed by atoms with E-state index in [1.54, 1.807) is 11.2 Å². The number of hydrogen-bond acceptors (Lipinski definition) is 3. The molecule has 15 heavy (non-hydrogen) atoms. The maximum Gasteiger partial charge on any atom is 0.213 e. The van der Waals surface area contributed by atoms with Crippen molar-refractivity contribution < 1.29 is 8.42 Å². The largest absolute Gasteiger partial charge is 0.320 e. The number of rotatable bonds is 5. The Morgan fingerprint density at radius 3 is 2.40 bits per heavy atom. The Balaban J connectivity index is 2.36. The van der Waals surface area contributed by atoms with E-state index >= 15 is 0 Å². The SMILES string of the molecule is CCS(=O)(=O)N1CCC(CCNC)CC1. The maximum absolute atomic E-state index is 11.6. The van der Waals surface area contributed by atoms with Gasteiger partial charge in [0, 0.05) is 13.1 Å². The fraction of sp³-hybridized carbons (Fsp3) is 1.00. The molecule has 1 aliphatic heterocycles. The second-order valence-corrected chi connectivity index (χ2v) is 6.39. The standard InChI is InChI=1S/C10H22N2O2S/c1-3-15(13,14)12-8-5-10(6-9-12)4-7-11-2/h10-11H,3-9H2,1-2H3. The molecule has 0 radical (unpaired) electrons. The van der Waals surface area contributed by atoms with Gasteiger partial charge in [-0.1, -0.05) is 0 Å². The van der Waals surface area contributed by atoms with Crippen molar-refractivity contribution in [3.05, 3.63) is 0 Å². The molecule has 0 unspecified atom stereocenters. The lowest BCUT2D eigenvalue weighted by molar-refractivity contribution is 0.263. The van der Waals surface area contributed by atoms with Gasteiger partial charge in [0.05, 0.1) is 5.75 Å². The molecular weight excluding hydrogens is 212 g/mol. The quantitative estimate of drug-likeness (QED) is 0.760. The Labute approximate surface area is 93.1 Å². The molecule has 0 aromatic heterocycles. The third kappa shape index (κ3) is 3.74. The molecule has 0 spiro atoms. The van der Waals surface area contributed by atoms with Crippen LogP contribution in [-0.4, -0.2) is 45.2 Å². The highest BCUT2D eigenvalue weighted by atomic mass is 32.2. The first-order valence-corrected chi connectivity index (χ1v) is 7.33. The van der Waals surface area contributed by atoms with Crippen molar-refractivity contribution in [3.8, 4) is 0 Å². The Kier molecular flexibility index (Phi) is 5.02. The topological polar surface area (TPSA) is 49.4 Å². The van der Waals surface area contributed by atoms with Gasteiger partial charge in [0.2, 0.25) is 10.0 Å². The summed E-state index contributed by atoms with van der Waals surface area (Å²) in [6.45, 7) is 4.17. The van der Waals surface area contributed by atoms with Crippen LogP contribution in [-0.2, 0) is 10.0 Å². The fourth-order valence-electron chi connectivity index (χ4n) is 2.01. The minimum atomic E-state index is -2.95. The van der Waals surface area contributed by atoms with E-state index in [0.29, 0.717) is 19.0 Å². The van der Waals surface area contributed by atoms with Crippen molar-refractivity contribution in [1.29, 1.82) is 0 Å². The predicted octanol–water partition coefficient (Wildman–Crippen LogP) is 0.658. The van der Waals surface area contributed by atoms with Crippen LogP contribution in [0.5, 0.6) is 0 Å². The predicted molar refractivity (Wildman–Crippen MR) is 62.3 cm³/mol. The molecule has 0 amide bonds. The highest BCUT2D eigenvalue weighted by molar-refractivity contribution is 7.89. The van der Waals surface area contributed by atoms with Gasteiger partial charge in [-0.15, -0.1) is 0 Å². The average Bonchev–Trinajstić information content (AvgIpc) is 2.27. The molecule has 4 nitrogen and oxygen atoms in total. The average molecular weight is 234 g/mol. The minimum absolute atomic E-state index is 0.230. The van der Waals surface area contributed by atoms with Crippen molar-refractivity contribution >= 4 is 10.0 Å². The molecule has 0 saturated carbocycles. The summed E-state index contributed by atoms with van der Waals surface area (Å²) < 4.78 is 24.8. The zero-order valence-electron chi connectivity index (χ0n) is 9.70. The summed E-state index contributed by atoms with van der Waals surface area (Å²) in [7, 11) is -0.992. The Morgan fingerprint density at radius 2 is 1.93 bits per heavy atom. The summed E-state index contributed by atoms with van der Waals surface area (Å²) in [5, 5.41) is 3.14. The van der Waals surface area contributed by atoms with E-state index in [1.807, 2.05) is 7.05 Å². The number of piperidine rings is 1. The van der Waals surface area contributed by atoms with Crippen LogP contribution in [0.3, 0.4) is 0 Å². The van der Waals surface area contributed by atoms with Crippen LogP contribution in [0.2, 0.25) is 0 Å². The molecule has 1 aliphatic rings. The van der Waals surface area contributed by atoms with Gasteiger partial charge in [-0.05, 0) is 45.7 Å². The number of hydrogen-bond donors (Lipinski definition) is 1. The first-order valence-electron chi connectivity index (χ1n) is 5.72. The normalized spacial score (nSPS) is 20.7. The lowest BCUT2D eigenvalue weighted by Gasteiger charge is -2.30. The lowest BCUT2D eigenvalue weighted by atomic mass is 9.95. The highest BCUT2D eigenvalue weighted by Crippen LogP contribution is 2.21. The molecule has 1 heterocycles. The van der Waals surface area contributed by atoms with Crippen LogP contribution in [0.15, 0.2) is 0 Å². The molecule has 1 fully saturated rings. The number of nitrogens with zero attached hydrogens (tertiary/aromatic N) is 1.